The van der Waals surface area contributed by atoms with Crippen molar-refractivity contribution >= 4 is 35.2 Å². The van der Waals surface area contributed by atoms with Gasteiger partial charge in [-0.25, -0.2) is 0 Å². The van der Waals surface area contributed by atoms with Crippen molar-refractivity contribution in [2.75, 3.05) is 12.2 Å². The Bertz CT molecular complexity index is 899. The average molecular weight is 363 g/mol. The van der Waals surface area contributed by atoms with Gasteiger partial charge in [0.25, 0.3) is 5.69 Å². The molecular weight excluding hydrogens is 354 g/mol. The van der Waals surface area contributed by atoms with Gasteiger partial charge in [0, 0.05) is 10.6 Å². The lowest BCUT2D eigenvalue weighted by Gasteiger charge is -2.07. The van der Waals surface area contributed by atoms with Gasteiger partial charge >= 0.3 is 0 Å². The van der Waals surface area contributed by atoms with Crippen LogP contribution in [0.5, 0.6) is 11.5 Å². The van der Waals surface area contributed by atoms with Crippen LogP contribution in [0.4, 0.5) is 11.4 Å². The van der Waals surface area contributed by atoms with E-state index in [4.69, 9.17) is 21.1 Å². The van der Waals surface area contributed by atoms with Crippen molar-refractivity contribution in [3.05, 3.63) is 56.6 Å². The smallest absolute Gasteiger partial charge is 0.282 e. The van der Waals surface area contributed by atoms with Crippen molar-refractivity contribution in [3.63, 3.8) is 0 Å². The molecule has 0 aromatic heterocycles. The zero-order chi connectivity index (χ0) is 18.0. The molecule has 2 aromatic carbocycles. The summed E-state index contributed by atoms with van der Waals surface area (Å²) in [6, 6.07) is 6.79. The molecule has 10 heteroatoms. The van der Waals surface area contributed by atoms with Crippen LogP contribution in [0, 0.1) is 10.1 Å². The Labute approximate surface area is 145 Å². The molecule has 128 valence electrons. The summed E-state index contributed by atoms with van der Waals surface area (Å²) in [6.07, 6.45) is 1.22. The number of hydrogen-bond donors (Lipinski definition) is 1. The number of halogens is 1. The van der Waals surface area contributed by atoms with Gasteiger partial charge in [0.15, 0.2) is 11.5 Å². The maximum Gasteiger partial charge on any atom is 0.282 e. The fourth-order valence-corrected chi connectivity index (χ4v) is 2.33. The van der Waals surface area contributed by atoms with E-state index < -0.39 is 10.9 Å². The molecule has 0 unspecified atom stereocenters. The summed E-state index contributed by atoms with van der Waals surface area (Å²) < 4.78 is 10.3. The van der Waals surface area contributed by atoms with Crippen molar-refractivity contribution in [2.45, 2.75) is 0 Å². The molecule has 0 spiro atoms. The van der Waals surface area contributed by atoms with Gasteiger partial charge in [-0.3, -0.25) is 15.5 Å². The molecule has 2 aromatic rings. The number of carboxylic acids is 1. The van der Waals surface area contributed by atoms with Crippen LogP contribution in [-0.2, 0) is 0 Å². The van der Waals surface area contributed by atoms with E-state index in [2.05, 4.69) is 10.5 Å². The number of ether oxygens (including phenoxy) is 2. The lowest BCUT2D eigenvalue weighted by Crippen LogP contribution is -2.22. The maximum atomic E-state index is 11.2. The Morgan fingerprint density at radius 1 is 1.28 bits per heavy atom. The number of nitro benzene ring substituents is 1. The van der Waals surface area contributed by atoms with Crippen molar-refractivity contribution in [3.8, 4) is 11.5 Å². The van der Waals surface area contributed by atoms with Crippen LogP contribution in [0.15, 0.2) is 35.4 Å². The predicted octanol–water partition coefficient (Wildman–Crippen LogP) is 1.79. The number of rotatable bonds is 5. The molecule has 0 radical (unpaired) electrons. The van der Waals surface area contributed by atoms with Crippen LogP contribution < -0.4 is 20.0 Å². The second-order valence-corrected chi connectivity index (χ2v) is 5.28. The second-order valence-electron chi connectivity index (χ2n) is 4.87. The van der Waals surface area contributed by atoms with Crippen LogP contribution in [0.25, 0.3) is 0 Å². The SMILES string of the molecule is O=C([O-])c1cc(N/N=C\c2cc3c(cc2[N+](=O)[O-])OCO3)ccc1Cl. The summed E-state index contributed by atoms with van der Waals surface area (Å²) in [7, 11) is 0. The number of carbonyl (C=O) groups excluding carboxylic acids is 1. The number of fused-ring (bicyclic) bond motifs is 1. The lowest BCUT2D eigenvalue weighted by atomic mass is 10.1. The van der Waals surface area contributed by atoms with Crippen LogP contribution in [0.1, 0.15) is 15.9 Å². The van der Waals surface area contributed by atoms with Crippen molar-refractivity contribution in [1.82, 2.24) is 0 Å². The number of carbonyl (C=O) groups is 1. The summed E-state index contributed by atoms with van der Waals surface area (Å²) in [4.78, 5) is 21.5. The highest BCUT2D eigenvalue weighted by Gasteiger charge is 2.22. The van der Waals surface area contributed by atoms with Gasteiger partial charge in [0.05, 0.1) is 34.4 Å². The normalized spacial score (nSPS) is 12.4. The summed E-state index contributed by atoms with van der Waals surface area (Å²) in [5.41, 5.74) is 2.68. The minimum absolute atomic E-state index is 0.0118. The van der Waals surface area contributed by atoms with Gasteiger partial charge in [-0.15, -0.1) is 0 Å². The van der Waals surface area contributed by atoms with Crippen LogP contribution in [0.2, 0.25) is 5.02 Å². The first-order valence-electron chi connectivity index (χ1n) is 6.83. The maximum absolute atomic E-state index is 11.2. The quantitative estimate of drug-likeness (QED) is 0.488. The first-order chi connectivity index (χ1) is 12.0. The number of nitrogens with zero attached hydrogens (tertiary/aromatic N) is 2. The number of hydrogen-bond acceptors (Lipinski definition) is 8. The van der Waals surface area contributed by atoms with E-state index in [-0.39, 0.29) is 34.4 Å². The van der Waals surface area contributed by atoms with Gasteiger partial charge < -0.3 is 19.4 Å². The first-order valence-corrected chi connectivity index (χ1v) is 7.21. The van der Waals surface area contributed by atoms with E-state index in [1.165, 1.54) is 36.5 Å². The van der Waals surface area contributed by atoms with Gasteiger partial charge in [-0.05, 0) is 24.3 Å². The predicted molar refractivity (Wildman–Crippen MR) is 86.2 cm³/mol. The molecule has 0 saturated carbocycles. The van der Waals surface area contributed by atoms with Crippen molar-refractivity contribution in [1.29, 1.82) is 0 Å². The molecule has 9 nitrogen and oxygen atoms in total. The fourth-order valence-electron chi connectivity index (χ4n) is 2.14. The molecule has 1 N–H and O–H groups in total. The summed E-state index contributed by atoms with van der Waals surface area (Å²) in [5.74, 6) is -0.769. The molecule has 1 aliphatic rings. The number of nitrogens with one attached hydrogen (secondary N) is 1. The molecular formula is C15H9ClN3O6-. The third-order valence-corrected chi connectivity index (χ3v) is 3.63. The molecule has 0 aliphatic carbocycles. The van der Waals surface area contributed by atoms with Crippen molar-refractivity contribution in [2.24, 2.45) is 5.10 Å². The van der Waals surface area contributed by atoms with Gasteiger partial charge in [0.2, 0.25) is 6.79 Å². The third kappa shape index (κ3) is 3.45. The summed E-state index contributed by atoms with van der Waals surface area (Å²) >= 11 is 5.74. The van der Waals surface area contributed by atoms with Crippen LogP contribution >= 0.6 is 11.6 Å². The molecule has 1 aliphatic heterocycles. The average Bonchev–Trinajstić information content (AvgIpc) is 3.02. The zero-order valence-electron chi connectivity index (χ0n) is 12.4. The molecule has 3 rings (SSSR count). The molecule has 0 saturated heterocycles. The van der Waals surface area contributed by atoms with Crippen LogP contribution in [-0.4, -0.2) is 23.9 Å². The molecule has 0 amide bonds. The summed E-state index contributed by atoms with van der Waals surface area (Å²) in [6.45, 7) is -0.0118. The molecule has 1 heterocycles. The Hall–Kier alpha value is -3.33. The number of carboxylic acid groups (broad SMARTS) is 1. The first kappa shape index (κ1) is 16.5. The van der Waals surface area contributed by atoms with Crippen LogP contribution in [0.3, 0.4) is 0 Å². The van der Waals surface area contributed by atoms with E-state index in [1.807, 2.05) is 0 Å². The zero-order valence-corrected chi connectivity index (χ0v) is 13.1. The number of anilines is 1. The highest BCUT2D eigenvalue weighted by atomic mass is 35.5. The highest BCUT2D eigenvalue weighted by molar-refractivity contribution is 6.33. The van der Waals surface area contributed by atoms with E-state index >= 15 is 0 Å². The second kappa shape index (κ2) is 6.65. The van der Waals surface area contributed by atoms with Gasteiger partial charge in [0.1, 0.15) is 0 Å². The topological polar surface area (TPSA) is 126 Å². The third-order valence-electron chi connectivity index (χ3n) is 3.30. The van der Waals surface area contributed by atoms with E-state index in [0.717, 1.165) is 0 Å². The lowest BCUT2D eigenvalue weighted by molar-refractivity contribution is -0.385. The van der Waals surface area contributed by atoms with E-state index in [0.29, 0.717) is 11.4 Å². The van der Waals surface area contributed by atoms with Gasteiger partial charge in [-0.2, -0.15) is 5.10 Å². The number of aromatic carboxylic acids is 1. The molecule has 0 bridgehead atoms. The fraction of sp³-hybridized carbons (Fsp3) is 0.0667. The number of benzene rings is 2. The number of hydrazone groups is 1. The summed E-state index contributed by atoms with van der Waals surface area (Å²) in [5, 5.41) is 26.0. The Morgan fingerprint density at radius 2 is 2.00 bits per heavy atom. The van der Waals surface area contributed by atoms with E-state index in [1.54, 1.807) is 0 Å². The Balaban J connectivity index is 1.84. The van der Waals surface area contributed by atoms with E-state index in [9.17, 15) is 20.0 Å². The largest absolute Gasteiger partial charge is 0.545 e. The molecule has 0 atom stereocenters. The minimum atomic E-state index is -1.43. The van der Waals surface area contributed by atoms with Gasteiger partial charge in [-0.1, -0.05) is 11.6 Å². The standard InChI is InChI=1S/C15H10ClN3O6/c16-11-2-1-9(4-10(11)15(20)21)18-17-6-8-3-13-14(25-7-24-13)5-12(8)19(22)23/h1-6,18H,7H2,(H,20,21)/p-1/b17-6-. The Morgan fingerprint density at radius 3 is 2.68 bits per heavy atom. The monoisotopic (exact) mass is 362 g/mol. The minimum Gasteiger partial charge on any atom is -0.545 e. The molecule has 25 heavy (non-hydrogen) atoms. The number of nitro groups is 1. The Kier molecular flexibility index (Phi) is 4.40. The molecule has 0 fully saturated rings. The van der Waals surface area contributed by atoms with Crippen molar-refractivity contribution < 1.29 is 24.3 Å². The highest BCUT2D eigenvalue weighted by Crippen LogP contribution is 2.37.